The molecule has 0 bridgehead atoms. The molecule has 5 nitrogen and oxygen atoms in total. The molecule has 1 aromatic carbocycles. The highest BCUT2D eigenvalue weighted by atomic mass is 19.1. The molecule has 0 unspecified atom stereocenters. The number of rotatable bonds is 3. The summed E-state index contributed by atoms with van der Waals surface area (Å²) in [6.45, 7) is 1.94. The first-order chi connectivity index (χ1) is 10.1. The Morgan fingerprint density at radius 2 is 2.33 bits per heavy atom. The van der Waals surface area contributed by atoms with Crippen LogP contribution >= 0.6 is 0 Å². The van der Waals surface area contributed by atoms with E-state index in [-0.39, 0.29) is 18.2 Å². The number of carbonyl (C=O) groups excluding carboxylic acids is 2. The second kappa shape index (κ2) is 5.81. The summed E-state index contributed by atoms with van der Waals surface area (Å²) < 4.78 is 18.5. The third kappa shape index (κ3) is 3.05. The normalized spacial score (nSPS) is 24.3. The van der Waals surface area contributed by atoms with Crippen LogP contribution in [0.2, 0.25) is 0 Å². The summed E-state index contributed by atoms with van der Waals surface area (Å²) in [6, 6.07) is 4.12. The Bertz CT molecular complexity index is 570. The van der Waals surface area contributed by atoms with E-state index < -0.39 is 11.7 Å². The molecule has 0 saturated carbocycles. The predicted molar refractivity (Wildman–Crippen MR) is 74.3 cm³/mol. The van der Waals surface area contributed by atoms with E-state index in [1.165, 1.54) is 12.1 Å². The molecule has 1 fully saturated rings. The zero-order valence-corrected chi connectivity index (χ0v) is 11.5. The first-order valence-corrected chi connectivity index (χ1v) is 7.08. The zero-order chi connectivity index (χ0) is 14.8. The molecule has 2 N–H and O–H groups in total. The van der Waals surface area contributed by atoms with Crippen molar-refractivity contribution in [3.8, 4) is 0 Å². The second-order valence-electron chi connectivity index (χ2n) is 5.51. The van der Waals surface area contributed by atoms with Crippen LogP contribution in [0.15, 0.2) is 18.2 Å². The van der Waals surface area contributed by atoms with Crippen LogP contribution in [0.5, 0.6) is 0 Å². The molecule has 0 spiro atoms. The van der Waals surface area contributed by atoms with Gasteiger partial charge in [0.05, 0.1) is 12.5 Å². The second-order valence-corrected chi connectivity index (χ2v) is 5.51. The number of fused-ring (bicyclic) bond motifs is 1. The molecule has 2 atom stereocenters. The Kier molecular flexibility index (Phi) is 3.88. The lowest BCUT2D eigenvalue weighted by Crippen LogP contribution is -2.37. The minimum absolute atomic E-state index is 0.0889. The summed E-state index contributed by atoms with van der Waals surface area (Å²) in [7, 11) is 0. The molecule has 2 aliphatic rings. The van der Waals surface area contributed by atoms with E-state index in [9.17, 15) is 14.0 Å². The highest BCUT2D eigenvalue weighted by Gasteiger charge is 2.31. The fourth-order valence-corrected chi connectivity index (χ4v) is 2.78. The Hall–Kier alpha value is -1.95. The van der Waals surface area contributed by atoms with Crippen molar-refractivity contribution in [2.24, 2.45) is 5.92 Å². The standard InChI is InChI=1S/C15H17FN2O3/c16-10-1-2-11-12(6-14(19)18-13(11)5-10)15(20)17-7-9-3-4-21-8-9/h1-2,5,9,12H,3-4,6-8H2,(H,17,20)(H,18,19)/t9-,12-/m0/s1. The van der Waals surface area contributed by atoms with Gasteiger partial charge in [0.25, 0.3) is 0 Å². The van der Waals surface area contributed by atoms with E-state index in [4.69, 9.17) is 4.74 Å². The molecule has 0 radical (unpaired) electrons. The first kappa shape index (κ1) is 14.0. The number of carbonyl (C=O) groups is 2. The Balaban J connectivity index is 1.72. The summed E-state index contributed by atoms with van der Waals surface area (Å²) in [4.78, 5) is 24.0. The lowest BCUT2D eigenvalue weighted by molar-refractivity contribution is -0.126. The minimum atomic E-state index is -0.559. The molecular formula is C15H17FN2O3. The number of nitrogens with one attached hydrogen (secondary N) is 2. The fourth-order valence-electron chi connectivity index (χ4n) is 2.78. The minimum Gasteiger partial charge on any atom is -0.381 e. The largest absolute Gasteiger partial charge is 0.381 e. The molecule has 0 aromatic heterocycles. The van der Waals surface area contributed by atoms with E-state index >= 15 is 0 Å². The van der Waals surface area contributed by atoms with Crippen LogP contribution in [0.1, 0.15) is 24.3 Å². The molecule has 112 valence electrons. The van der Waals surface area contributed by atoms with Gasteiger partial charge in [0, 0.05) is 31.2 Å². The van der Waals surface area contributed by atoms with Crippen LogP contribution < -0.4 is 10.6 Å². The van der Waals surface area contributed by atoms with Crippen LogP contribution in [0, 0.1) is 11.7 Å². The number of hydrogen-bond donors (Lipinski definition) is 2. The summed E-state index contributed by atoms with van der Waals surface area (Å²) in [6.07, 6.45) is 1.03. The monoisotopic (exact) mass is 292 g/mol. The maximum Gasteiger partial charge on any atom is 0.228 e. The molecule has 1 aromatic rings. The van der Waals surface area contributed by atoms with Crippen molar-refractivity contribution >= 4 is 17.5 Å². The van der Waals surface area contributed by atoms with Crippen molar-refractivity contribution in [1.29, 1.82) is 0 Å². The molecule has 1 saturated heterocycles. The summed E-state index contributed by atoms with van der Waals surface area (Å²) in [5.41, 5.74) is 1.05. The van der Waals surface area contributed by atoms with Crippen LogP contribution in [0.25, 0.3) is 0 Å². The van der Waals surface area contributed by atoms with Crippen molar-refractivity contribution in [2.45, 2.75) is 18.8 Å². The summed E-state index contributed by atoms with van der Waals surface area (Å²) >= 11 is 0. The molecule has 2 aliphatic heterocycles. The SMILES string of the molecule is O=C1C[C@H](C(=O)NC[C@@H]2CCOC2)c2ccc(F)cc2N1. The Labute approximate surface area is 121 Å². The van der Waals surface area contributed by atoms with Crippen molar-refractivity contribution in [3.63, 3.8) is 0 Å². The number of halogens is 1. The van der Waals surface area contributed by atoms with Gasteiger partial charge in [-0.1, -0.05) is 6.07 Å². The lowest BCUT2D eigenvalue weighted by Gasteiger charge is -2.25. The topological polar surface area (TPSA) is 67.4 Å². The van der Waals surface area contributed by atoms with Gasteiger partial charge >= 0.3 is 0 Å². The Morgan fingerprint density at radius 1 is 1.48 bits per heavy atom. The lowest BCUT2D eigenvalue weighted by atomic mass is 9.89. The average molecular weight is 292 g/mol. The van der Waals surface area contributed by atoms with Gasteiger partial charge in [-0.25, -0.2) is 4.39 Å². The van der Waals surface area contributed by atoms with Gasteiger partial charge in [0.15, 0.2) is 0 Å². The predicted octanol–water partition coefficient (Wildman–Crippen LogP) is 1.40. The van der Waals surface area contributed by atoms with Gasteiger partial charge in [-0.2, -0.15) is 0 Å². The molecule has 6 heteroatoms. The maximum absolute atomic E-state index is 13.2. The molecule has 2 heterocycles. The van der Waals surface area contributed by atoms with Crippen molar-refractivity contribution in [3.05, 3.63) is 29.6 Å². The number of benzene rings is 1. The summed E-state index contributed by atoms with van der Waals surface area (Å²) in [5.74, 6) is -1.11. The van der Waals surface area contributed by atoms with Crippen LogP contribution in [-0.2, 0) is 14.3 Å². The van der Waals surface area contributed by atoms with Gasteiger partial charge in [-0.05, 0) is 24.1 Å². The van der Waals surface area contributed by atoms with Crippen molar-refractivity contribution in [1.82, 2.24) is 5.32 Å². The highest BCUT2D eigenvalue weighted by Crippen LogP contribution is 2.32. The van der Waals surface area contributed by atoms with Gasteiger partial charge in [0.1, 0.15) is 5.82 Å². The van der Waals surface area contributed by atoms with Gasteiger partial charge < -0.3 is 15.4 Å². The molecule has 2 amide bonds. The summed E-state index contributed by atoms with van der Waals surface area (Å²) in [5, 5.41) is 5.48. The number of ether oxygens (including phenoxy) is 1. The van der Waals surface area contributed by atoms with E-state index in [1.807, 2.05) is 0 Å². The smallest absolute Gasteiger partial charge is 0.228 e. The molecule has 3 rings (SSSR count). The van der Waals surface area contributed by atoms with Crippen molar-refractivity contribution in [2.75, 3.05) is 25.1 Å². The van der Waals surface area contributed by atoms with E-state index in [2.05, 4.69) is 10.6 Å². The number of anilines is 1. The van der Waals surface area contributed by atoms with Gasteiger partial charge in [-0.15, -0.1) is 0 Å². The van der Waals surface area contributed by atoms with E-state index in [0.29, 0.717) is 30.3 Å². The molecule has 0 aliphatic carbocycles. The third-order valence-electron chi connectivity index (χ3n) is 3.96. The van der Waals surface area contributed by atoms with Crippen molar-refractivity contribution < 1.29 is 18.7 Å². The quantitative estimate of drug-likeness (QED) is 0.885. The number of hydrogen-bond acceptors (Lipinski definition) is 3. The first-order valence-electron chi connectivity index (χ1n) is 7.08. The van der Waals surface area contributed by atoms with Gasteiger partial charge in [0.2, 0.25) is 11.8 Å². The van der Waals surface area contributed by atoms with E-state index in [0.717, 1.165) is 13.0 Å². The third-order valence-corrected chi connectivity index (χ3v) is 3.96. The fraction of sp³-hybridized carbons (Fsp3) is 0.467. The van der Waals surface area contributed by atoms with Crippen LogP contribution in [0.4, 0.5) is 10.1 Å². The highest BCUT2D eigenvalue weighted by molar-refractivity contribution is 6.01. The van der Waals surface area contributed by atoms with Gasteiger partial charge in [-0.3, -0.25) is 9.59 Å². The molecule has 21 heavy (non-hydrogen) atoms. The average Bonchev–Trinajstić information content (AvgIpc) is 2.96. The van der Waals surface area contributed by atoms with Crippen LogP contribution in [-0.4, -0.2) is 31.6 Å². The van der Waals surface area contributed by atoms with E-state index in [1.54, 1.807) is 6.07 Å². The Morgan fingerprint density at radius 3 is 3.10 bits per heavy atom. The van der Waals surface area contributed by atoms with Crippen LogP contribution in [0.3, 0.4) is 0 Å². The maximum atomic E-state index is 13.2. The molecular weight excluding hydrogens is 275 g/mol. The zero-order valence-electron chi connectivity index (χ0n) is 11.5. The number of amides is 2.